The molecule has 0 saturated carbocycles. The fourth-order valence-corrected chi connectivity index (χ4v) is 1.40. The van der Waals surface area contributed by atoms with Crippen molar-refractivity contribution in [3.05, 3.63) is 23.4 Å². The Hall–Kier alpha value is -1.58. The second-order valence-corrected chi connectivity index (χ2v) is 4.58. The molecule has 1 rings (SSSR count). The Morgan fingerprint density at radius 2 is 2.06 bits per heavy atom. The van der Waals surface area contributed by atoms with E-state index in [1.54, 1.807) is 12.1 Å². The Morgan fingerprint density at radius 3 is 2.53 bits per heavy atom. The number of nitrogens with zero attached hydrogens (tertiary/aromatic N) is 1. The Kier molecular flexibility index (Phi) is 4.49. The average Bonchev–Trinajstić information content (AvgIpc) is 2.28. The molecule has 0 amide bonds. The number of nitrogens with one attached hydrogen (secondary N) is 1. The van der Waals surface area contributed by atoms with E-state index in [0.29, 0.717) is 5.82 Å². The van der Waals surface area contributed by atoms with Gasteiger partial charge >= 0.3 is 5.97 Å². The lowest BCUT2D eigenvalue weighted by molar-refractivity contribution is 0.0696. The summed E-state index contributed by atoms with van der Waals surface area (Å²) in [4.78, 5) is 15.5. The number of aromatic nitrogens is 1. The Bertz CT molecular complexity index is 402. The Morgan fingerprint density at radius 1 is 1.41 bits per heavy atom. The second kappa shape index (κ2) is 5.66. The van der Waals surface area contributed by atoms with E-state index in [-0.39, 0.29) is 17.5 Å². The quantitative estimate of drug-likeness (QED) is 0.824. The number of aromatic carboxylic acids is 1. The SMILES string of the molecule is CCC(C)Nc1cc(C(=O)O)cc(C(C)C)n1. The first-order valence-electron chi connectivity index (χ1n) is 5.95. The highest BCUT2D eigenvalue weighted by atomic mass is 16.4. The molecule has 0 bridgehead atoms. The third-order valence-corrected chi connectivity index (χ3v) is 2.69. The molecule has 4 heteroatoms. The summed E-state index contributed by atoms with van der Waals surface area (Å²) in [7, 11) is 0. The first kappa shape index (κ1) is 13.5. The molecular weight excluding hydrogens is 216 g/mol. The molecule has 2 N–H and O–H groups in total. The monoisotopic (exact) mass is 236 g/mol. The van der Waals surface area contributed by atoms with E-state index in [2.05, 4.69) is 17.2 Å². The third-order valence-electron chi connectivity index (χ3n) is 2.69. The molecule has 0 radical (unpaired) electrons. The van der Waals surface area contributed by atoms with Gasteiger partial charge < -0.3 is 10.4 Å². The molecule has 17 heavy (non-hydrogen) atoms. The van der Waals surface area contributed by atoms with Gasteiger partial charge in [-0.15, -0.1) is 0 Å². The average molecular weight is 236 g/mol. The van der Waals surface area contributed by atoms with Crippen LogP contribution in [0.15, 0.2) is 12.1 Å². The first-order valence-corrected chi connectivity index (χ1v) is 5.95. The van der Waals surface area contributed by atoms with Crippen LogP contribution in [-0.4, -0.2) is 22.1 Å². The number of hydrogen-bond acceptors (Lipinski definition) is 3. The highest BCUT2D eigenvalue weighted by molar-refractivity contribution is 5.88. The van der Waals surface area contributed by atoms with Gasteiger partial charge in [-0.25, -0.2) is 9.78 Å². The van der Waals surface area contributed by atoms with E-state index >= 15 is 0 Å². The van der Waals surface area contributed by atoms with Crippen LogP contribution in [0.4, 0.5) is 5.82 Å². The number of carboxylic acid groups (broad SMARTS) is 1. The van der Waals surface area contributed by atoms with Crippen LogP contribution in [0.2, 0.25) is 0 Å². The lowest BCUT2D eigenvalue weighted by atomic mass is 10.1. The van der Waals surface area contributed by atoms with Crippen molar-refractivity contribution >= 4 is 11.8 Å². The topological polar surface area (TPSA) is 62.2 Å². The van der Waals surface area contributed by atoms with Crippen LogP contribution in [0.3, 0.4) is 0 Å². The van der Waals surface area contributed by atoms with Gasteiger partial charge in [0, 0.05) is 11.7 Å². The molecule has 1 atom stereocenters. The third kappa shape index (κ3) is 3.73. The summed E-state index contributed by atoms with van der Waals surface area (Å²) in [6, 6.07) is 3.50. The number of carbonyl (C=O) groups is 1. The highest BCUT2D eigenvalue weighted by Gasteiger charge is 2.11. The van der Waals surface area contributed by atoms with Gasteiger partial charge in [0.15, 0.2) is 0 Å². The lowest BCUT2D eigenvalue weighted by Crippen LogP contribution is -2.16. The minimum atomic E-state index is -0.915. The van der Waals surface area contributed by atoms with Gasteiger partial charge in [0.25, 0.3) is 0 Å². The van der Waals surface area contributed by atoms with E-state index < -0.39 is 5.97 Å². The van der Waals surface area contributed by atoms with Gasteiger partial charge in [0.1, 0.15) is 5.82 Å². The van der Waals surface area contributed by atoms with Crippen molar-refractivity contribution in [2.24, 2.45) is 0 Å². The minimum absolute atomic E-state index is 0.215. The van der Waals surface area contributed by atoms with E-state index in [1.165, 1.54) is 0 Å². The number of carboxylic acids is 1. The van der Waals surface area contributed by atoms with Gasteiger partial charge in [0.2, 0.25) is 0 Å². The maximum absolute atomic E-state index is 11.0. The van der Waals surface area contributed by atoms with Crippen LogP contribution in [-0.2, 0) is 0 Å². The van der Waals surface area contributed by atoms with Crippen molar-refractivity contribution in [3.8, 4) is 0 Å². The largest absolute Gasteiger partial charge is 0.478 e. The van der Waals surface area contributed by atoms with Crippen molar-refractivity contribution < 1.29 is 9.90 Å². The zero-order valence-electron chi connectivity index (χ0n) is 10.8. The molecule has 0 aliphatic carbocycles. The maximum Gasteiger partial charge on any atom is 0.335 e. The van der Waals surface area contributed by atoms with E-state index in [1.807, 2.05) is 20.8 Å². The molecule has 4 nitrogen and oxygen atoms in total. The summed E-state index contributed by atoms with van der Waals surface area (Å²) < 4.78 is 0. The summed E-state index contributed by atoms with van der Waals surface area (Å²) in [6.45, 7) is 8.12. The van der Waals surface area contributed by atoms with Gasteiger partial charge in [-0.2, -0.15) is 0 Å². The van der Waals surface area contributed by atoms with Gasteiger partial charge in [0.05, 0.1) is 5.56 Å². The summed E-state index contributed by atoms with van der Waals surface area (Å²) in [6.07, 6.45) is 0.968. The molecule has 1 heterocycles. The summed E-state index contributed by atoms with van der Waals surface area (Å²) in [5, 5.41) is 12.3. The molecule has 1 unspecified atom stereocenters. The van der Waals surface area contributed by atoms with E-state index in [4.69, 9.17) is 5.11 Å². The molecule has 0 saturated heterocycles. The smallest absolute Gasteiger partial charge is 0.335 e. The van der Waals surface area contributed by atoms with Crippen LogP contribution >= 0.6 is 0 Å². The molecule has 0 aliphatic rings. The zero-order valence-corrected chi connectivity index (χ0v) is 10.8. The molecule has 0 fully saturated rings. The molecule has 0 spiro atoms. The van der Waals surface area contributed by atoms with Crippen molar-refractivity contribution in [1.29, 1.82) is 0 Å². The van der Waals surface area contributed by atoms with E-state index in [0.717, 1.165) is 12.1 Å². The Balaban J connectivity index is 3.08. The summed E-state index contributed by atoms with van der Waals surface area (Å²) in [5.74, 6) is -0.0590. The van der Waals surface area contributed by atoms with Crippen molar-refractivity contribution in [2.75, 3.05) is 5.32 Å². The number of pyridine rings is 1. The molecule has 0 aliphatic heterocycles. The second-order valence-electron chi connectivity index (χ2n) is 4.58. The van der Waals surface area contributed by atoms with Gasteiger partial charge in [-0.1, -0.05) is 20.8 Å². The standard InChI is InChI=1S/C13H20N2O2/c1-5-9(4)14-12-7-10(13(16)17)6-11(15-12)8(2)3/h6-9H,5H2,1-4H3,(H,14,15)(H,16,17). The van der Waals surface area contributed by atoms with Gasteiger partial charge in [-0.3, -0.25) is 0 Å². The van der Waals surface area contributed by atoms with E-state index in [9.17, 15) is 4.79 Å². The predicted molar refractivity (Wildman–Crippen MR) is 68.7 cm³/mol. The molecule has 1 aromatic rings. The number of anilines is 1. The fourth-order valence-electron chi connectivity index (χ4n) is 1.40. The van der Waals surface area contributed by atoms with Crippen LogP contribution in [0, 0.1) is 0 Å². The number of rotatable bonds is 5. The predicted octanol–water partition coefficient (Wildman–Crippen LogP) is 3.11. The normalized spacial score (nSPS) is 12.5. The minimum Gasteiger partial charge on any atom is -0.478 e. The van der Waals surface area contributed by atoms with Crippen LogP contribution in [0.1, 0.15) is 56.1 Å². The molecule has 94 valence electrons. The van der Waals surface area contributed by atoms with Crippen LogP contribution < -0.4 is 5.32 Å². The number of hydrogen-bond donors (Lipinski definition) is 2. The van der Waals surface area contributed by atoms with Crippen molar-refractivity contribution in [1.82, 2.24) is 4.98 Å². The van der Waals surface area contributed by atoms with Gasteiger partial charge in [-0.05, 0) is 31.4 Å². The summed E-state index contributed by atoms with van der Waals surface area (Å²) >= 11 is 0. The molecular formula is C13H20N2O2. The highest BCUT2D eigenvalue weighted by Crippen LogP contribution is 2.18. The van der Waals surface area contributed by atoms with Crippen molar-refractivity contribution in [3.63, 3.8) is 0 Å². The summed E-state index contributed by atoms with van der Waals surface area (Å²) in [5.41, 5.74) is 1.09. The zero-order chi connectivity index (χ0) is 13.0. The van der Waals surface area contributed by atoms with Crippen LogP contribution in [0.5, 0.6) is 0 Å². The molecule has 0 aromatic carbocycles. The molecule has 1 aromatic heterocycles. The van der Waals surface area contributed by atoms with Crippen molar-refractivity contribution in [2.45, 2.75) is 46.1 Å². The lowest BCUT2D eigenvalue weighted by Gasteiger charge is -2.15. The maximum atomic E-state index is 11.0. The Labute approximate surface area is 102 Å². The van der Waals surface area contributed by atoms with Crippen LogP contribution in [0.25, 0.3) is 0 Å². The fraction of sp³-hybridized carbons (Fsp3) is 0.538. The first-order chi connectivity index (χ1) is 7.93.